The Balaban J connectivity index is 1.78. The molecule has 0 amide bonds. The molecule has 0 spiro atoms. The average molecular weight is 333 g/mol. The fourth-order valence-corrected chi connectivity index (χ4v) is 2.58. The first-order valence-corrected chi connectivity index (χ1v) is 7.61. The quantitative estimate of drug-likeness (QED) is 0.617. The number of nitrogen functional groups attached to an aromatic ring is 1. The van der Waals surface area contributed by atoms with E-state index in [1.807, 2.05) is 36.4 Å². The van der Waals surface area contributed by atoms with Gasteiger partial charge in [-0.15, -0.1) is 0 Å². The maximum atomic E-state index is 6.27. The van der Waals surface area contributed by atoms with Crippen LogP contribution in [0, 0.1) is 0 Å². The highest BCUT2D eigenvalue weighted by atomic mass is 16.5. The van der Waals surface area contributed by atoms with E-state index in [0.717, 1.165) is 11.0 Å². The first-order chi connectivity index (χ1) is 12.3. The van der Waals surface area contributed by atoms with E-state index in [1.165, 1.54) is 6.33 Å². The Labute approximate surface area is 143 Å². The Bertz CT molecular complexity index is 1040. The lowest BCUT2D eigenvalue weighted by Gasteiger charge is -2.13. The highest BCUT2D eigenvalue weighted by Gasteiger charge is 2.15. The Morgan fingerprint density at radius 2 is 1.68 bits per heavy atom. The van der Waals surface area contributed by atoms with E-state index in [-0.39, 0.29) is 5.88 Å². The van der Waals surface area contributed by atoms with Crippen LogP contribution in [0.4, 0.5) is 5.69 Å². The molecule has 2 N–H and O–H groups in total. The average Bonchev–Trinajstić information content (AvgIpc) is 3.08. The first-order valence-electron chi connectivity index (χ1n) is 7.61. The van der Waals surface area contributed by atoms with Gasteiger partial charge < -0.3 is 15.2 Å². The largest absolute Gasteiger partial charge is 0.493 e. The summed E-state index contributed by atoms with van der Waals surface area (Å²) in [5.41, 5.74) is 8.34. The smallest absolute Gasteiger partial charge is 0.248 e. The summed E-state index contributed by atoms with van der Waals surface area (Å²) >= 11 is 0. The summed E-state index contributed by atoms with van der Waals surface area (Å²) in [6.07, 6.45) is 3.08. The van der Waals surface area contributed by atoms with E-state index >= 15 is 0 Å². The minimum absolute atomic E-state index is 0.257. The number of methoxy groups -OCH3 is 1. The lowest BCUT2D eigenvalue weighted by Crippen LogP contribution is -2.05. The molecule has 2 aromatic heterocycles. The molecule has 2 heterocycles. The molecule has 0 unspecified atom stereocenters. The number of hydrogen-bond donors (Lipinski definition) is 1. The minimum atomic E-state index is 0.257. The van der Waals surface area contributed by atoms with Gasteiger partial charge in [0.25, 0.3) is 0 Å². The third-order valence-electron chi connectivity index (χ3n) is 3.78. The fraction of sp³-hybridized carbons (Fsp3) is 0.0556. The predicted octanol–water partition coefficient (Wildman–Crippen LogP) is 3.20. The number of anilines is 1. The maximum Gasteiger partial charge on any atom is 0.248 e. The van der Waals surface area contributed by atoms with Gasteiger partial charge in [0.1, 0.15) is 18.3 Å². The van der Waals surface area contributed by atoms with Crippen LogP contribution in [0.1, 0.15) is 0 Å². The van der Waals surface area contributed by atoms with Crippen molar-refractivity contribution in [3.8, 4) is 23.2 Å². The summed E-state index contributed by atoms with van der Waals surface area (Å²) in [5, 5.41) is 0. The zero-order valence-corrected chi connectivity index (χ0v) is 13.5. The van der Waals surface area contributed by atoms with Crippen LogP contribution in [0.3, 0.4) is 0 Å². The molecule has 0 saturated carbocycles. The summed E-state index contributed by atoms with van der Waals surface area (Å²) in [4.78, 5) is 12.8. The van der Waals surface area contributed by atoms with Crippen LogP contribution in [0.5, 0.6) is 17.4 Å². The van der Waals surface area contributed by atoms with Crippen LogP contribution >= 0.6 is 0 Å². The number of rotatable bonds is 4. The number of nitrogens with zero attached hydrogens (tertiary/aromatic N) is 4. The molecule has 25 heavy (non-hydrogen) atoms. The number of aromatic nitrogens is 4. The van der Waals surface area contributed by atoms with Gasteiger partial charge in [-0.2, -0.15) is 4.98 Å². The second-order valence-corrected chi connectivity index (χ2v) is 5.27. The van der Waals surface area contributed by atoms with Gasteiger partial charge in [-0.3, -0.25) is 4.57 Å². The van der Waals surface area contributed by atoms with Gasteiger partial charge in [0.2, 0.25) is 5.88 Å². The summed E-state index contributed by atoms with van der Waals surface area (Å²) in [6.45, 7) is 0. The van der Waals surface area contributed by atoms with Crippen LogP contribution in [0.15, 0.2) is 61.2 Å². The molecule has 0 radical (unpaired) electrons. The third-order valence-corrected chi connectivity index (χ3v) is 3.78. The molecule has 0 saturated heterocycles. The first kappa shape index (κ1) is 14.9. The van der Waals surface area contributed by atoms with Gasteiger partial charge in [-0.25, -0.2) is 9.97 Å². The van der Waals surface area contributed by atoms with Gasteiger partial charge >= 0.3 is 0 Å². The van der Waals surface area contributed by atoms with Crippen molar-refractivity contribution in [2.24, 2.45) is 0 Å². The van der Waals surface area contributed by atoms with Crippen LogP contribution < -0.4 is 15.2 Å². The monoisotopic (exact) mass is 333 g/mol. The van der Waals surface area contributed by atoms with Crippen LogP contribution in [-0.2, 0) is 0 Å². The van der Waals surface area contributed by atoms with Crippen molar-refractivity contribution in [1.82, 2.24) is 19.5 Å². The molecular formula is C18H15N5O2. The molecule has 4 aromatic rings. The Morgan fingerprint density at radius 1 is 0.920 bits per heavy atom. The molecular weight excluding hydrogens is 318 g/mol. The van der Waals surface area contributed by atoms with Gasteiger partial charge in [0.05, 0.1) is 18.1 Å². The lowest BCUT2D eigenvalue weighted by atomic mass is 10.3. The van der Waals surface area contributed by atoms with Crippen LogP contribution in [0.2, 0.25) is 0 Å². The molecule has 124 valence electrons. The van der Waals surface area contributed by atoms with Crippen molar-refractivity contribution in [3.63, 3.8) is 0 Å². The second-order valence-electron chi connectivity index (χ2n) is 5.27. The van der Waals surface area contributed by atoms with E-state index in [2.05, 4.69) is 15.0 Å². The summed E-state index contributed by atoms with van der Waals surface area (Å²) in [7, 11) is 1.58. The van der Waals surface area contributed by atoms with Crippen molar-refractivity contribution >= 4 is 16.7 Å². The van der Waals surface area contributed by atoms with Crippen molar-refractivity contribution in [3.05, 3.63) is 61.2 Å². The number of fused-ring (bicyclic) bond motifs is 1. The standard InChI is InChI=1S/C18H15N5O2/c1-24-14-8-4-5-9-15(14)25-18-16(19)17(20-10-21-18)23-11-22-12-6-2-3-7-13(12)23/h2-11H,19H2,1H3. The number of benzene rings is 2. The topological polar surface area (TPSA) is 88.1 Å². The molecule has 0 aliphatic heterocycles. The van der Waals surface area contributed by atoms with E-state index in [1.54, 1.807) is 30.1 Å². The molecule has 0 bridgehead atoms. The predicted molar refractivity (Wildman–Crippen MR) is 94.1 cm³/mol. The molecule has 0 fully saturated rings. The van der Waals surface area contributed by atoms with Crippen molar-refractivity contribution in [2.45, 2.75) is 0 Å². The second kappa shape index (κ2) is 6.12. The van der Waals surface area contributed by atoms with Crippen molar-refractivity contribution in [1.29, 1.82) is 0 Å². The van der Waals surface area contributed by atoms with Gasteiger partial charge in [-0.05, 0) is 24.3 Å². The molecule has 0 aliphatic rings. The van der Waals surface area contributed by atoms with Crippen LogP contribution in [-0.4, -0.2) is 26.6 Å². The third kappa shape index (κ3) is 2.61. The zero-order valence-electron chi connectivity index (χ0n) is 13.5. The van der Waals surface area contributed by atoms with Crippen molar-refractivity contribution < 1.29 is 9.47 Å². The summed E-state index contributed by atoms with van der Waals surface area (Å²) < 4.78 is 12.9. The SMILES string of the molecule is COc1ccccc1Oc1ncnc(-n2cnc3ccccc32)c1N. The molecule has 7 nitrogen and oxygen atoms in total. The van der Waals surface area contributed by atoms with Gasteiger partial charge in [0, 0.05) is 0 Å². The number of para-hydroxylation sites is 4. The molecule has 2 aromatic carbocycles. The Morgan fingerprint density at radius 3 is 2.52 bits per heavy atom. The lowest BCUT2D eigenvalue weighted by molar-refractivity contribution is 0.374. The zero-order chi connectivity index (χ0) is 17.2. The van der Waals surface area contributed by atoms with E-state index < -0.39 is 0 Å². The van der Waals surface area contributed by atoms with E-state index in [9.17, 15) is 0 Å². The molecule has 0 atom stereocenters. The number of nitrogens with two attached hydrogens (primary N) is 1. The molecule has 4 rings (SSSR count). The number of imidazole rings is 1. The summed E-state index contributed by atoms with van der Waals surface area (Å²) in [6, 6.07) is 15.0. The molecule has 0 aliphatic carbocycles. The Kier molecular flexibility index (Phi) is 3.66. The highest BCUT2D eigenvalue weighted by Crippen LogP contribution is 2.34. The minimum Gasteiger partial charge on any atom is -0.493 e. The number of ether oxygens (including phenoxy) is 2. The fourth-order valence-electron chi connectivity index (χ4n) is 2.58. The van der Waals surface area contributed by atoms with Gasteiger partial charge in [0.15, 0.2) is 17.3 Å². The van der Waals surface area contributed by atoms with Crippen LogP contribution in [0.25, 0.3) is 16.9 Å². The van der Waals surface area contributed by atoms with E-state index in [0.29, 0.717) is 23.0 Å². The van der Waals surface area contributed by atoms with E-state index in [4.69, 9.17) is 15.2 Å². The molecule has 7 heteroatoms. The normalized spacial score (nSPS) is 10.8. The van der Waals surface area contributed by atoms with Crippen molar-refractivity contribution in [2.75, 3.05) is 12.8 Å². The Hall–Kier alpha value is -3.61. The summed E-state index contributed by atoms with van der Waals surface area (Å²) in [5.74, 6) is 1.88. The maximum absolute atomic E-state index is 6.27. The number of hydrogen-bond acceptors (Lipinski definition) is 6. The highest BCUT2D eigenvalue weighted by molar-refractivity contribution is 5.78. The van der Waals surface area contributed by atoms with Gasteiger partial charge in [-0.1, -0.05) is 24.3 Å².